The third-order valence-corrected chi connectivity index (χ3v) is 5.39. The maximum atomic E-state index is 12.5. The normalized spacial score (nSPS) is 11.6. The molecular formula is C18H23ClN4O4S. The van der Waals surface area contributed by atoms with E-state index in [1.165, 1.54) is 19.4 Å². The van der Waals surface area contributed by atoms with Gasteiger partial charge in [0, 0.05) is 16.9 Å². The summed E-state index contributed by atoms with van der Waals surface area (Å²) in [7, 11) is -2.89. The zero-order chi connectivity index (χ0) is 21.1. The first kappa shape index (κ1) is 21.9. The second-order valence-corrected chi connectivity index (χ2v) is 8.78. The first-order valence-corrected chi connectivity index (χ1v) is 10.5. The first-order chi connectivity index (χ1) is 13.0. The lowest BCUT2D eigenvalue weighted by molar-refractivity contribution is 0.256. The quantitative estimate of drug-likeness (QED) is 0.678. The van der Waals surface area contributed by atoms with Crippen molar-refractivity contribution in [1.82, 2.24) is 14.7 Å². The number of carbonyl (C=O) groups is 1. The molecule has 2 aromatic rings. The molecule has 0 saturated heterocycles. The number of methoxy groups -OCH3 is 1. The predicted molar refractivity (Wildman–Crippen MR) is 108 cm³/mol. The van der Waals surface area contributed by atoms with Gasteiger partial charge in [0.15, 0.2) is 5.03 Å². The van der Waals surface area contributed by atoms with Gasteiger partial charge in [-0.05, 0) is 41.2 Å². The van der Waals surface area contributed by atoms with Crippen LogP contribution in [0.5, 0.6) is 6.01 Å². The Kier molecular flexibility index (Phi) is 6.84. The van der Waals surface area contributed by atoms with Crippen LogP contribution in [0.4, 0.5) is 10.5 Å². The van der Waals surface area contributed by atoms with Gasteiger partial charge in [0.2, 0.25) is 0 Å². The zero-order valence-electron chi connectivity index (χ0n) is 16.3. The number of amides is 2. The van der Waals surface area contributed by atoms with Crippen LogP contribution in [-0.2, 0) is 10.0 Å². The highest BCUT2D eigenvalue weighted by Crippen LogP contribution is 2.35. The van der Waals surface area contributed by atoms with E-state index in [0.29, 0.717) is 10.7 Å². The molecule has 1 aromatic carbocycles. The lowest BCUT2D eigenvalue weighted by atomic mass is 9.92. The molecule has 0 radical (unpaired) electrons. The third kappa shape index (κ3) is 5.11. The fourth-order valence-electron chi connectivity index (χ4n) is 2.59. The predicted octanol–water partition coefficient (Wildman–Crippen LogP) is 3.90. The van der Waals surface area contributed by atoms with Crippen molar-refractivity contribution < 1.29 is 17.9 Å². The average Bonchev–Trinajstić information content (AvgIpc) is 2.62. The molecule has 152 valence electrons. The Morgan fingerprint density at radius 1 is 1.14 bits per heavy atom. The fraction of sp³-hybridized carbons (Fsp3) is 0.389. The molecule has 10 heteroatoms. The average molecular weight is 427 g/mol. The number of ether oxygens (including phenoxy) is 1. The summed E-state index contributed by atoms with van der Waals surface area (Å²) in [6, 6.07) is 3.67. The highest BCUT2D eigenvalue weighted by atomic mass is 35.5. The fourth-order valence-corrected chi connectivity index (χ4v) is 3.66. The summed E-state index contributed by atoms with van der Waals surface area (Å²) >= 11 is 6.21. The highest BCUT2D eigenvalue weighted by Gasteiger charge is 2.23. The maximum absolute atomic E-state index is 12.5. The molecule has 0 aliphatic heterocycles. The molecule has 2 N–H and O–H groups in total. The Morgan fingerprint density at radius 3 is 2.21 bits per heavy atom. The van der Waals surface area contributed by atoms with Gasteiger partial charge in [-0.1, -0.05) is 39.3 Å². The Bertz CT molecular complexity index is 948. The summed E-state index contributed by atoms with van der Waals surface area (Å²) in [6.07, 6.45) is 1.23. The van der Waals surface area contributed by atoms with Crippen LogP contribution in [-0.4, -0.2) is 31.5 Å². The van der Waals surface area contributed by atoms with E-state index < -0.39 is 16.1 Å². The van der Waals surface area contributed by atoms with Gasteiger partial charge >= 0.3 is 12.0 Å². The molecule has 1 aromatic heterocycles. The molecule has 0 aliphatic carbocycles. The van der Waals surface area contributed by atoms with E-state index in [1.54, 1.807) is 12.1 Å². The molecule has 0 unspecified atom stereocenters. The van der Waals surface area contributed by atoms with Crippen LogP contribution >= 0.6 is 11.6 Å². The largest absolute Gasteiger partial charge is 0.467 e. The molecular weight excluding hydrogens is 404 g/mol. The van der Waals surface area contributed by atoms with E-state index in [4.69, 9.17) is 16.3 Å². The van der Waals surface area contributed by atoms with E-state index in [2.05, 4.69) is 15.3 Å². The smallest absolute Gasteiger partial charge is 0.333 e. The maximum Gasteiger partial charge on any atom is 0.333 e. The van der Waals surface area contributed by atoms with Gasteiger partial charge in [0.05, 0.1) is 7.11 Å². The van der Waals surface area contributed by atoms with Crippen molar-refractivity contribution >= 4 is 33.3 Å². The summed E-state index contributed by atoms with van der Waals surface area (Å²) < 4.78 is 31.7. The van der Waals surface area contributed by atoms with Gasteiger partial charge < -0.3 is 10.1 Å². The van der Waals surface area contributed by atoms with Crippen molar-refractivity contribution in [2.45, 2.75) is 44.6 Å². The van der Waals surface area contributed by atoms with Crippen LogP contribution < -0.4 is 14.8 Å². The number of aromatic nitrogens is 2. The van der Waals surface area contributed by atoms with Crippen LogP contribution in [0.3, 0.4) is 0 Å². The van der Waals surface area contributed by atoms with Crippen molar-refractivity contribution in [3.8, 4) is 6.01 Å². The van der Waals surface area contributed by atoms with E-state index in [9.17, 15) is 13.2 Å². The first-order valence-electron chi connectivity index (χ1n) is 8.59. The summed E-state index contributed by atoms with van der Waals surface area (Å²) in [5, 5.41) is 2.84. The number of urea groups is 1. The van der Waals surface area contributed by atoms with Crippen molar-refractivity contribution in [3.05, 3.63) is 40.5 Å². The number of carbonyl (C=O) groups excluding carboxylic acids is 1. The number of benzene rings is 1. The summed E-state index contributed by atoms with van der Waals surface area (Å²) in [5.74, 6) is 0.128. The minimum absolute atomic E-state index is 0.0641. The molecule has 0 atom stereocenters. The molecule has 0 spiro atoms. The van der Waals surface area contributed by atoms with Crippen LogP contribution in [0.1, 0.15) is 50.7 Å². The lowest BCUT2D eigenvalue weighted by Crippen LogP contribution is -2.35. The summed E-state index contributed by atoms with van der Waals surface area (Å²) in [6.45, 7) is 7.84. The van der Waals surface area contributed by atoms with Gasteiger partial charge in [0.1, 0.15) is 0 Å². The Hall–Kier alpha value is -2.39. The number of nitrogens with zero attached hydrogens (tertiary/aromatic N) is 2. The minimum Gasteiger partial charge on any atom is -0.467 e. The van der Waals surface area contributed by atoms with Crippen molar-refractivity contribution in [1.29, 1.82) is 0 Å². The number of sulfonamides is 1. The molecule has 2 amide bonds. The van der Waals surface area contributed by atoms with E-state index in [0.717, 1.165) is 11.1 Å². The minimum atomic E-state index is -4.21. The highest BCUT2D eigenvalue weighted by molar-refractivity contribution is 7.90. The van der Waals surface area contributed by atoms with Crippen molar-refractivity contribution in [2.24, 2.45) is 0 Å². The molecule has 0 saturated carbocycles. The van der Waals surface area contributed by atoms with Crippen molar-refractivity contribution in [2.75, 3.05) is 12.4 Å². The summed E-state index contributed by atoms with van der Waals surface area (Å²) in [4.78, 5) is 20.0. The zero-order valence-corrected chi connectivity index (χ0v) is 17.9. The molecule has 0 aliphatic rings. The Balaban J connectivity index is 2.34. The number of rotatable bonds is 6. The molecule has 1 heterocycles. The molecule has 0 fully saturated rings. The number of nitrogens with one attached hydrogen (secondary N) is 2. The topological polar surface area (TPSA) is 110 Å². The van der Waals surface area contributed by atoms with E-state index >= 15 is 0 Å². The monoisotopic (exact) mass is 426 g/mol. The lowest BCUT2D eigenvalue weighted by Gasteiger charge is -2.21. The van der Waals surface area contributed by atoms with E-state index in [1.807, 2.05) is 32.4 Å². The van der Waals surface area contributed by atoms with Gasteiger partial charge in [-0.2, -0.15) is 13.4 Å². The van der Waals surface area contributed by atoms with Crippen molar-refractivity contribution in [3.63, 3.8) is 0 Å². The number of halogens is 1. The molecule has 0 bridgehead atoms. The number of hydrogen-bond acceptors (Lipinski definition) is 6. The molecule has 28 heavy (non-hydrogen) atoms. The second-order valence-electron chi connectivity index (χ2n) is 6.71. The summed E-state index contributed by atoms with van der Waals surface area (Å²) in [5.41, 5.74) is 2.17. The molecule has 2 rings (SSSR count). The Labute approximate surface area is 169 Å². The van der Waals surface area contributed by atoms with Gasteiger partial charge in [-0.3, -0.25) is 0 Å². The van der Waals surface area contributed by atoms with Gasteiger partial charge in [0.25, 0.3) is 10.0 Å². The van der Waals surface area contributed by atoms with Crippen LogP contribution in [0.2, 0.25) is 5.02 Å². The number of anilines is 1. The van der Waals surface area contributed by atoms with Gasteiger partial charge in [-0.15, -0.1) is 0 Å². The van der Waals surface area contributed by atoms with Gasteiger partial charge in [-0.25, -0.2) is 14.5 Å². The third-order valence-electron chi connectivity index (χ3n) is 3.94. The van der Waals surface area contributed by atoms with Crippen LogP contribution in [0.25, 0.3) is 0 Å². The Morgan fingerprint density at radius 2 is 1.71 bits per heavy atom. The van der Waals surface area contributed by atoms with Crippen LogP contribution in [0, 0.1) is 0 Å². The van der Waals surface area contributed by atoms with E-state index in [-0.39, 0.29) is 22.9 Å². The SMILES string of the molecule is COc1nccc(S(=O)(=O)NC(=O)Nc2c(C(C)C)cc(Cl)cc2C(C)C)n1. The van der Waals surface area contributed by atoms with Crippen LogP contribution in [0.15, 0.2) is 29.4 Å². The number of hydrogen-bond donors (Lipinski definition) is 2. The molecule has 8 nitrogen and oxygen atoms in total. The second kappa shape index (κ2) is 8.74. The standard InChI is InChI=1S/C18H23ClN4O4S/c1-10(2)13-8-12(19)9-14(11(3)4)16(13)22-17(24)23-28(25,26)15-6-7-20-18(21-15)27-5/h6-11H,1-5H3,(H2,22,23,24).